The molecular formula is C30H29N3O. The van der Waals surface area contributed by atoms with Crippen LogP contribution in [0.25, 0.3) is 33.7 Å². The minimum atomic E-state index is 0.0861. The van der Waals surface area contributed by atoms with Gasteiger partial charge in [-0.1, -0.05) is 38.1 Å². The summed E-state index contributed by atoms with van der Waals surface area (Å²) in [7, 11) is 0. The van der Waals surface area contributed by atoms with Crippen LogP contribution in [0.5, 0.6) is 0 Å². The molecule has 0 N–H and O–H groups in total. The second kappa shape index (κ2) is 9.60. The quantitative estimate of drug-likeness (QED) is 0.325. The molecule has 0 unspecified atom stereocenters. The minimum Gasteiger partial charge on any atom is -0.339 e. The van der Waals surface area contributed by atoms with Crippen molar-refractivity contribution in [2.75, 3.05) is 13.1 Å². The second-order valence-electron chi connectivity index (χ2n) is 9.22. The molecule has 0 atom stereocenters. The van der Waals surface area contributed by atoms with Gasteiger partial charge in [0.05, 0.1) is 5.52 Å². The Morgan fingerprint density at radius 1 is 0.941 bits per heavy atom. The molecule has 1 aliphatic rings. The highest BCUT2D eigenvalue weighted by atomic mass is 16.2. The number of pyridine rings is 2. The number of hydrogen-bond acceptors (Lipinski definition) is 3. The lowest BCUT2D eigenvalue weighted by Crippen LogP contribution is -2.28. The number of aromatic nitrogens is 2. The van der Waals surface area contributed by atoms with Gasteiger partial charge in [0.25, 0.3) is 5.91 Å². The van der Waals surface area contributed by atoms with Gasteiger partial charge in [0, 0.05) is 48.2 Å². The summed E-state index contributed by atoms with van der Waals surface area (Å²) in [5, 5.41) is 1.14. The summed E-state index contributed by atoms with van der Waals surface area (Å²) >= 11 is 0. The van der Waals surface area contributed by atoms with E-state index in [1.165, 1.54) is 5.56 Å². The van der Waals surface area contributed by atoms with Crippen LogP contribution in [0.15, 0.2) is 79.3 Å². The maximum atomic E-state index is 13.4. The van der Waals surface area contributed by atoms with Crippen LogP contribution in [0, 0.1) is 0 Å². The molecule has 4 nitrogen and oxygen atoms in total. The van der Waals surface area contributed by atoms with Crippen LogP contribution >= 0.6 is 0 Å². The van der Waals surface area contributed by atoms with E-state index in [4.69, 9.17) is 4.98 Å². The van der Waals surface area contributed by atoms with Gasteiger partial charge in [-0.05, 0) is 83.5 Å². The molecule has 2 aromatic heterocycles. The van der Waals surface area contributed by atoms with Gasteiger partial charge in [-0.3, -0.25) is 14.8 Å². The van der Waals surface area contributed by atoms with Crippen molar-refractivity contribution in [1.29, 1.82) is 0 Å². The number of nitrogens with zero attached hydrogens (tertiary/aromatic N) is 3. The zero-order valence-corrected chi connectivity index (χ0v) is 19.7. The molecule has 2 aromatic carbocycles. The minimum absolute atomic E-state index is 0.0861. The molecule has 0 saturated carbocycles. The van der Waals surface area contributed by atoms with Crippen molar-refractivity contribution in [3.8, 4) is 11.1 Å². The molecule has 5 rings (SSSR count). The zero-order valence-electron chi connectivity index (χ0n) is 19.7. The summed E-state index contributed by atoms with van der Waals surface area (Å²) < 4.78 is 0. The van der Waals surface area contributed by atoms with Crippen LogP contribution in [0.1, 0.15) is 49.3 Å². The van der Waals surface area contributed by atoms with Crippen LogP contribution in [-0.4, -0.2) is 33.9 Å². The molecule has 1 aliphatic heterocycles. The lowest BCUT2D eigenvalue weighted by Gasteiger charge is -2.18. The third kappa shape index (κ3) is 4.49. The van der Waals surface area contributed by atoms with Crippen LogP contribution in [-0.2, 0) is 4.79 Å². The molecular weight excluding hydrogens is 418 g/mol. The Bertz CT molecular complexity index is 1350. The molecule has 4 heteroatoms. The first-order valence-corrected chi connectivity index (χ1v) is 12.0. The number of benzene rings is 2. The molecule has 1 saturated heterocycles. The van der Waals surface area contributed by atoms with Gasteiger partial charge in [-0.15, -0.1) is 0 Å². The summed E-state index contributed by atoms with van der Waals surface area (Å²) in [6.07, 6.45) is 9.48. The Balaban J connectivity index is 1.62. The Morgan fingerprint density at radius 3 is 2.50 bits per heavy atom. The molecule has 0 radical (unpaired) electrons. The second-order valence-corrected chi connectivity index (χ2v) is 9.22. The molecule has 1 amide bonds. The fourth-order valence-corrected chi connectivity index (χ4v) is 4.62. The third-order valence-electron chi connectivity index (χ3n) is 6.52. The van der Waals surface area contributed by atoms with Gasteiger partial charge in [-0.25, -0.2) is 0 Å². The molecule has 0 spiro atoms. The predicted octanol–water partition coefficient (Wildman–Crippen LogP) is 6.58. The van der Waals surface area contributed by atoms with E-state index in [1.807, 2.05) is 35.4 Å². The van der Waals surface area contributed by atoms with Crippen LogP contribution in [0.3, 0.4) is 0 Å². The first-order valence-electron chi connectivity index (χ1n) is 12.0. The monoisotopic (exact) mass is 447 g/mol. The number of rotatable bonds is 5. The molecule has 4 aromatic rings. The zero-order chi connectivity index (χ0) is 23.5. The van der Waals surface area contributed by atoms with Gasteiger partial charge in [0.2, 0.25) is 0 Å². The summed E-state index contributed by atoms with van der Waals surface area (Å²) in [5.41, 5.74) is 7.10. The van der Waals surface area contributed by atoms with Crippen LogP contribution in [0.2, 0.25) is 0 Å². The Kier molecular flexibility index (Phi) is 6.22. The SMILES string of the molecule is CC(C)c1cc(-c2cccc(C=C(C(=O)N3CCCC3)c3ccncc3)c2)c2ncccc2c1. The summed E-state index contributed by atoms with van der Waals surface area (Å²) in [6.45, 7) is 6.07. The fraction of sp³-hybridized carbons (Fsp3) is 0.233. The van der Waals surface area contributed by atoms with Crippen molar-refractivity contribution in [1.82, 2.24) is 14.9 Å². The normalized spacial score (nSPS) is 14.2. The van der Waals surface area contributed by atoms with E-state index < -0.39 is 0 Å². The molecule has 3 heterocycles. The topological polar surface area (TPSA) is 46.1 Å². The largest absolute Gasteiger partial charge is 0.339 e. The van der Waals surface area contributed by atoms with Crippen molar-refractivity contribution < 1.29 is 4.79 Å². The van der Waals surface area contributed by atoms with Gasteiger partial charge in [0.1, 0.15) is 0 Å². The van der Waals surface area contributed by atoms with Crippen molar-refractivity contribution in [3.63, 3.8) is 0 Å². The first-order chi connectivity index (χ1) is 16.6. The smallest absolute Gasteiger partial charge is 0.254 e. The van der Waals surface area contributed by atoms with Crippen LogP contribution < -0.4 is 0 Å². The van der Waals surface area contributed by atoms with E-state index in [9.17, 15) is 4.79 Å². The van der Waals surface area contributed by atoms with Crippen molar-refractivity contribution in [3.05, 3.63) is 95.9 Å². The first kappa shape index (κ1) is 22.0. The van der Waals surface area contributed by atoms with Gasteiger partial charge in [0.15, 0.2) is 0 Å². The Hall–Kier alpha value is -3.79. The number of likely N-dealkylation sites (tertiary alicyclic amines) is 1. The summed E-state index contributed by atoms with van der Waals surface area (Å²) in [5.74, 6) is 0.505. The highest BCUT2D eigenvalue weighted by Gasteiger charge is 2.22. The van der Waals surface area contributed by atoms with Crippen LogP contribution in [0.4, 0.5) is 0 Å². The number of fused-ring (bicyclic) bond motifs is 1. The van der Waals surface area contributed by atoms with E-state index in [-0.39, 0.29) is 5.91 Å². The highest BCUT2D eigenvalue weighted by molar-refractivity contribution is 6.24. The van der Waals surface area contributed by atoms with E-state index in [0.717, 1.165) is 59.1 Å². The van der Waals surface area contributed by atoms with Crippen molar-refractivity contribution in [2.45, 2.75) is 32.6 Å². The summed E-state index contributed by atoms with van der Waals surface area (Å²) in [4.78, 5) is 24.2. The summed E-state index contributed by atoms with van der Waals surface area (Å²) in [6, 6.07) is 20.8. The average Bonchev–Trinajstić information content (AvgIpc) is 3.42. The molecule has 170 valence electrons. The van der Waals surface area contributed by atoms with E-state index in [2.05, 4.69) is 61.3 Å². The number of amides is 1. The van der Waals surface area contributed by atoms with Crippen molar-refractivity contribution >= 4 is 28.5 Å². The molecule has 0 aliphatic carbocycles. The standard InChI is InChI=1S/C30H29N3O/c1-21(2)26-19-25-9-6-12-32-29(25)27(20-26)24-8-5-7-22(17-24)18-28(23-10-13-31-14-11-23)30(34)33-15-3-4-16-33/h5-14,17-21H,3-4,15-16H2,1-2H3. The lowest BCUT2D eigenvalue weighted by atomic mass is 9.93. The highest BCUT2D eigenvalue weighted by Crippen LogP contribution is 2.33. The number of carbonyl (C=O) groups is 1. The maximum Gasteiger partial charge on any atom is 0.254 e. The van der Waals surface area contributed by atoms with Gasteiger partial charge >= 0.3 is 0 Å². The Labute approximate surface area is 201 Å². The lowest BCUT2D eigenvalue weighted by molar-refractivity contribution is -0.123. The number of carbonyl (C=O) groups excluding carboxylic acids is 1. The average molecular weight is 448 g/mol. The molecule has 0 bridgehead atoms. The molecule has 1 fully saturated rings. The maximum absolute atomic E-state index is 13.4. The van der Waals surface area contributed by atoms with E-state index in [1.54, 1.807) is 12.4 Å². The fourth-order valence-electron chi connectivity index (χ4n) is 4.62. The Morgan fingerprint density at radius 2 is 1.74 bits per heavy atom. The van der Waals surface area contributed by atoms with Gasteiger partial charge < -0.3 is 4.90 Å². The molecule has 34 heavy (non-hydrogen) atoms. The van der Waals surface area contributed by atoms with E-state index >= 15 is 0 Å². The van der Waals surface area contributed by atoms with Gasteiger partial charge in [-0.2, -0.15) is 0 Å². The van der Waals surface area contributed by atoms with Crippen molar-refractivity contribution in [2.24, 2.45) is 0 Å². The van der Waals surface area contributed by atoms with E-state index in [0.29, 0.717) is 11.5 Å². The third-order valence-corrected chi connectivity index (χ3v) is 6.52. The number of hydrogen-bond donors (Lipinski definition) is 0. The predicted molar refractivity (Wildman–Crippen MR) is 139 cm³/mol.